The highest BCUT2D eigenvalue weighted by atomic mass is 16.6. The first-order valence-electron chi connectivity index (χ1n) is 7.88. The van der Waals surface area contributed by atoms with E-state index < -0.39 is 23.5 Å². The summed E-state index contributed by atoms with van der Waals surface area (Å²) in [5, 5.41) is 20.1. The Kier molecular flexibility index (Phi) is 4.85. The minimum absolute atomic E-state index is 0.111. The second kappa shape index (κ2) is 7.25. The van der Waals surface area contributed by atoms with Crippen molar-refractivity contribution in [1.29, 1.82) is 0 Å². The predicted molar refractivity (Wildman–Crippen MR) is 96.2 cm³/mol. The Labute approximate surface area is 154 Å². The largest absolute Gasteiger partial charge is 0.504 e. The van der Waals surface area contributed by atoms with Crippen molar-refractivity contribution >= 4 is 23.1 Å². The topological polar surface area (TPSA) is 102 Å². The Hall–Kier alpha value is -3.74. The molecular weight excluding hydrogens is 352 g/mol. The van der Waals surface area contributed by atoms with Gasteiger partial charge in [0.25, 0.3) is 0 Å². The Morgan fingerprint density at radius 1 is 0.926 bits per heavy atom. The zero-order chi connectivity index (χ0) is 19.6. The van der Waals surface area contributed by atoms with Crippen molar-refractivity contribution in [2.45, 2.75) is 0 Å². The molecule has 0 saturated heterocycles. The van der Waals surface area contributed by atoms with E-state index in [1.165, 1.54) is 26.4 Å². The summed E-state index contributed by atoms with van der Waals surface area (Å²) in [4.78, 5) is 24.1. The molecule has 3 rings (SSSR count). The van der Waals surface area contributed by atoms with Crippen molar-refractivity contribution < 1.29 is 34.0 Å². The van der Waals surface area contributed by atoms with E-state index in [0.717, 1.165) is 0 Å². The van der Waals surface area contributed by atoms with Crippen LogP contribution < -0.4 is 9.47 Å². The Morgan fingerprint density at radius 3 is 1.93 bits per heavy atom. The molecule has 0 aromatic heterocycles. The number of carbonyl (C=O) groups is 2. The summed E-state index contributed by atoms with van der Waals surface area (Å²) in [7, 11) is 2.99. The molecule has 2 aromatic rings. The van der Waals surface area contributed by atoms with Gasteiger partial charge >= 0.3 is 11.9 Å². The monoisotopic (exact) mass is 368 g/mol. The van der Waals surface area contributed by atoms with Crippen molar-refractivity contribution in [3.05, 3.63) is 71.2 Å². The number of aliphatic hydroxyl groups excluding tert-OH is 1. The van der Waals surface area contributed by atoms with Crippen molar-refractivity contribution in [1.82, 2.24) is 0 Å². The van der Waals surface area contributed by atoms with Crippen LogP contribution in [0.2, 0.25) is 0 Å². The lowest BCUT2D eigenvalue weighted by atomic mass is 10.0. The number of methoxy groups -OCH3 is 2. The summed E-state index contributed by atoms with van der Waals surface area (Å²) in [6.45, 7) is 0. The first-order chi connectivity index (χ1) is 13.0. The standard InChI is InChI=1S/C20H16O7/c1-25-13-7-3-11(4-8-13)15-17(21)18(27-20(15)24)16(19(22)23)12-5-9-14(26-2)10-6-12/h3-10,21H,1-2H3,(H,22,23). The summed E-state index contributed by atoms with van der Waals surface area (Å²) in [5.74, 6) is -1.99. The average molecular weight is 368 g/mol. The first-order valence-corrected chi connectivity index (χ1v) is 7.88. The molecule has 2 aromatic carbocycles. The van der Waals surface area contributed by atoms with Crippen molar-refractivity contribution in [3.8, 4) is 11.5 Å². The molecule has 0 atom stereocenters. The van der Waals surface area contributed by atoms with Crippen LogP contribution in [0, 0.1) is 0 Å². The Bertz CT molecular complexity index is 951. The van der Waals surface area contributed by atoms with Gasteiger partial charge in [0, 0.05) is 0 Å². The van der Waals surface area contributed by atoms with Crippen molar-refractivity contribution in [2.75, 3.05) is 14.2 Å². The average Bonchev–Trinajstić information content (AvgIpc) is 2.96. The molecule has 138 valence electrons. The molecule has 0 unspecified atom stereocenters. The van der Waals surface area contributed by atoms with Crippen molar-refractivity contribution in [3.63, 3.8) is 0 Å². The number of carbonyl (C=O) groups excluding carboxylic acids is 1. The number of ether oxygens (including phenoxy) is 3. The highest BCUT2D eigenvalue weighted by Gasteiger charge is 2.35. The summed E-state index contributed by atoms with van der Waals surface area (Å²) in [5.41, 5.74) is 0.202. The molecule has 27 heavy (non-hydrogen) atoms. The number of carboxylic acid groups (broad SMARTS) is 1. The lowest BCUT2D eigenvalue weighted by Crippen LogP contribution is -2.06. The van der Waals surface area contributed by atoms with Gasteiger partial charge in [-0.05, 0) is 35.4 Å². The lowest BCUT2D eigenvalue weighted by molar-refractivity contribution is -0.131. The van der Waals surface area contributed by atoms with Crippen LogP contribution >= 0.6 is 0 Å². The molecule has 0 saturated carbocycles. The summed E-state index contributed by atoms with van der Waals surface area (Å²) in [6, 6.07) is 12.5. The van der Waals surface area contributed by atoms with E-state index in [2.05, 4.69) is 0 Å². The van der Waals surface area contributed by atoms with Gasteiger partial charge in [-0.2, -0.15) is 0 Å². The molecule has 0 bridgehead atoms. The smallest absolute Gasteiger partial charge is 0.348 e. The number of hydrogen-bond donors (Lipinski definition) is 2. The molecule has 1 aliphatic heterocycles. The van der Waals surface area contributed by atoms with Crippen LogP contribution in [0.4, 0.5) is 0 Å². The maximum atomic E-state index is 12.3. The van der Waals surface area contributed by atoms with Crippen molar-refractivity contribution in [2.24, 2.45) is 0 Å². The Balaban J connectivity index is 2.13. The molecule has 7 nitrogen and oxygen atoms in total. The number of hydrogen-bond acceptors (Lipinski definition) is 6. The normalized spacial score (nSPS) is 15.4. The quantitative estimate of drug-likeness (QED) is 0.618. The number of carboxylic acids is 1. The van der Waals surface area contributed by atoms with E-state index in [4.69, 9.17) is 14.2 Å². The maximum Gasteiger partial charge on any atom is 0.348 e. The molecule has 7 heteroatoms. The van der Waals surface area contributed by atoms with Crippen LogP contribution in [-0.2, 0) is 14.3 Å². The van der Waals surface area contributed by atoms with Gasteiger partial charge in [0.15, 0.2) is 11.5 Å². The van der Waals surface area contributed by atoms with E-state index >= 15 is 0 Å². The Morgan fingerprint density at radius 2 is 1.44 bits per heavy atom. The molecule has 0 radical (unpaired) electrons. The van der Waals surface area contributed by atoms with Gasteiger partial charge in [0.1, 0.15) is 22.6 Å². The minimum Gasteiger partial charge on any atom is -0.504 e. The maximum absolute atomic E-state index is 12.3. The molecule has 2 N–H and O–H groups in total. The molecule has 1 heterocycles. The molecule has 1 aliphatic rings. The minimum atomic E-state index is -1.34. The third-order valence-electron chi connectivity index (χ3n) is 4.05. The third kappa shape index (κ3) is 3.35. The van der Waals surface area contributed by atoms with Gasteiger partial charge in [-0.3, -0.25) is 0 Å². The number of esters is 1. The SMILES string of the molecule is COc1ccc(C2=C(O)C(=C(C(=O)O)c3ccc(OC)cc3)OC2=O)cc1. The molecule has 0 fully saturated rings. The number of aliphatic carboxylic acids is 1. The second-order valence-corrected chi connectivity index (χ2v) is 5.58. The van der Waals surface area contributed by atoms with E-state index in [1.54, 1.807) is 36.4 Å². The first kappa shape index (κ1) is 18.1. The van der Waals surface area contributed by atoms with Crippen LogP contribution in [-0.4, -0.2) is 36.4 Å². The number of rotatable bonds is 5. The number of benzene rings is 2. The molecular formula is C20H16O7. The fraction of sp³-hybridized carbons (Fsp3) is 0.100. The van der Waals surface area contributed by atoms with Crippen LogP contribution in [0.1, 0.15) is 11.1 Å². The summed E-state index contributed by atoms with van der Waals surface area (Å²) < 4.78 is 15.2. The highest BCUT2D eigenvalue weighted by molar-refractivity contribution is 6.25. The predicted octanol–water partition coefficient (Wildman–Crippen LogP) is 3.03. The van der Waals surface area contributed by atoms with E-state index in [0.29, 0.717) is 17.1 Å². The fourth-order valence-corrected chi connectivity index (χ4v) is 2.69. The van der Waals surface area contributed by atoms with E-state index in [-0.39, 0.29) is 16.7 Å². The van der Waals surface area contributed by atoms with Gasteiger partial charge in [-0.15, -0.1) is 0 Å². The number of aliphatic hydroxyl groups is 1. The number of cyclic esters (lactones) is 1. The second-order valence-electron chi connectivity index (χ2n) is 5.58. The van der Waals surface area contributed by atoms with Crippen LogP contribution in [0.3, 0.4) is 0 Å². The van der Waals surface area contributed by atoms with Crippen LogP contribution in [0.5, 0.6) is 11.5 Å². The summed E-state index contributed by atoms with van der Waals surface area (Å²) in [6.07, 6.45) is 0. The lowest BCUT2D eigenvalue weighted by Gasteiger charge is -2.08. The fourth-order valence-electron chi connectivity index (χ4n) is 2.69. The molecule has 0 spiro atoms. The van der Waals surface area contributed by atoms with Gasteiger partial charge in [0.2, 0.25) is 0 Å². The van der Waals surface area contributed by atoms with Gasteiger partial charge in [-0.1, -0.05) is 24.3 Å². The molecule has 0 aliphatic carbocycles. The zero-order valence-corrected chi connectivity index (χ0v) is 14.6. The van der Waals surface area contributed by atoms with Gasteiger partial charge < -0.3 is 24.4 Å². The van der Waals surface area contributed by atoms with Gasteiger partial charge in [0.05, 0.1) is 14.2 Å². The van der Waals surface area contributed by atoms with Gasteiger partial charge in [-0.25, -0.2) is 9.59 Å². The van der Waals surface area contributed by atoms with Crippen LogP contribution in [0.15, 0.2) is 60.0 Å². The van der Waals surface area contributed by atoms with Crippen LogP contribution in [0.25, 0.3) is 11.1 Å². The van der Waals surface area contributed by atoms with E-state index in [9.17, 15) is 19.8 Å². The zero-order valence-electron chi connectivity index (χ0n) is 14.6. The molecule has 0 amide bonds. The summed E-state index contributed by atoms with van der Waals surface area (Å²) >= 11 is 0. The van der Waals surface area contributed by atoms with E-state index in [1.807, 2.05) is 0 Å². The third-order valence-corrected chi connectivity index (χ3v) is 4.05. The highest BCUT2D eigenvalue weighted by Crippen LogP contribution is 2.36.